The predicted molar refractivity (Wildman–Crippen MR) is 92.8 cm³/mol. The van der Waals surface area contributed by atoms with E-state index in [0.717, 1.165) is 36.4 Å². The molecule has 0 bridgehead atoms. The second-order valence-corrected chi connectivity index (χ2v) is 6.65. The Hall–Kier alpha value is -0.580. The largest absolute Gasteiger partial charge is 0.480 e. The quantitative estimate of drug-likeness (QED) is 0.503. The second kappa shape index (κ2) is 8.76. The highest BCUT2D eigenvalue weighted by Crippen LogP contribution is 2.29. The Morgan fingerprint density at radius 2 is 1.86 bits per heavy atom. The topological polar surface area (TPSA) is 43.2 Å². The Labute approximate surface area is 137 Å². The number of hydrogen-bond acceptors (Lipinski definition) is 4. The lowest BCUT2D eigenvalue weighted by Gasteiger charge is -2.34. The SMILES string of the molecule is CCOC1=N[C@@](C)(CCCCBr)C(OCC)=N[C@@H]1C(C)C. The first-order valence-electron chi connectivity index (χ1n) is 7.98. The molecule has 0 radical (unpaired) electrons. The van der Waals surface area contributed by atoms with Crippen LogP contribution >= 0.6 is 15.9 Å². The molecule has 5 heteroatoms. The summed E-state index contributed by atoms with van der Waals surface area (Å²) in [6.07, 6.45) is 3.14. The van der Waals surface area contributed by atoms with Crippen molar-refractivity contribution in [2.24, 2.45) is 15.9 Å². The molecule has 0 fully saturated rings. The summed E-state index contributed by atoms with van der Waals surface area (Å²) < 4.78 is 11.6. The van der Waals surface area contributed by atoms with Crippen LogP contribution in [0.25, 0.3) is 0 Å². The summed E-state index contributed by atoms with van der Waals surface area (Å²) in [5.74, 6) is 1.87. The molecule has 1 aliphatic rings. The third-order valence-corrected chi connectivity index (χ3v) is 4.14. The van der Waals surface area contributed by atoms with Crippen molar-refractivity contribution in [3.63, 3.8) is 0 Å². The molecule has 2 atom stereocenters. The molecule has 0 saturated heterocycles. The van der Waals surface area contributed by atoms with E-state index >= 15 is 0 Å². The summed E-state index contributed by atoms with van der Waals surface area (Å²) in [4.78, 5) is 9.73. The van der Waals surface area contributed by atoms with E-state index in [9.17, 15) is 0 Å². The van der Waals surface area contributed by atoms with Gasteiger partial charge in [-0.05, 0) is 46.0 Å². The Bertz CT molecular complexity index is 382. The zero-order chi connectivity index (χ0) is 15.9. The number of nitrogens with zero attached hydrogens (tertiary/aromatic N) is 2. The van der Waals surface area contributed by atoms with Crippen molar-refractivity contribution in [2.75, 3.05) is 18.5 Å². The highest BCUT2D eigenvalue weighted by molar-refractivity contribution is 9.09. The molecule has 0 aromatic heterocycles. The Kier molecular flexibility index (Phi) is 7.71. The molecule has 21 heavy (non-hydrogen) atoms. The lowest BCUT2D eigenvalue weighted by molar-refractivity contribution is 0.255. The van der Waals surface area contributed by atoms with E-state index in [1.54, 1.807) is 0 Å². The van der Waals surface area contributed by atoms with Gasteiger partial charge in [-0.15, -0.1) is 0 Å². The van der Waals surface area contributed by atoms with E-state index in [1.807, 2.05) is 13.8 Å². The molecular formula is C16H29BrN2O2. The molecule has 0 aromatic carbocycles. The minimum atomic E-state index is -0.395. The number of hydrogen-bond donors (Lipinski definition) is 0. The van der Waals surface area contributed by atoms with Crippen LogP contribution < -0.4 is 0 Å². The summed E-state index contributed by atoms with van der Waals surface area (Å²) in [5, 5.41) is 1.01. The van der Waals surface area contributed by atoms with Gasteiger partial charge in [-0.1, -0.05) is 29.8 Å². The molecular weight excluding hydrogens is 332 g/mol. The molecule has 122 valence electrons. The smallest absolute Gasteiger partial charge is 0.212 e. The lowest BCUT2D eigenvalue weighted by atomic mass is 9.92. The highest BCUT2D eigenvalue weighted by atomic mass is 79.9. The summed E-state index contributed by atoms with van der Waals surface area (Å²) in [5.41, 5.74) is -0.395. The van der Waals surface area contributed by atoms with Crippen molar-refractivity contribution in [2.45, 2.75) is 65.5 Å². The summed E-state index contributed by atoms with van der Waals surface area (Å²) in [6.45, 7) is 11.6. The van der Waals surface area contributed by atoms with Crippen LogP contribution in [0.1, 0.15) is 53.9 Å². The van der Waals surface area contributed by atoms with Crippen LogP contribution in [0.15, 0.2) is 9.98 Å². The normalized spacial score (nSPS) is 25.6. The third kappa shape index (κ3) is 4.97. The number of aliphatic imine (C=N–C) groups is 2. The molecule has 1 rings (SSSR count). The molecule has 0 saturated carbocycles. The molecule has 4 nitrogen and oxygen atoms in total. The van der Waals surface area contributed by atoms with E-state index in [2.05, 4.69) is 36.7 Å². The number of alkyl halides is 1. The Morgan fingerprint density at radius 1 is 1.19 bits per heavy atom. The van der Waals surface area contributed by atoms with Gasteiger partial charge >= 0.3 is 0 Å². The second-order valence-electron chi connectivity index (χ2n) is 5.86. The average Bonchev–Trinajstić information content (AvgIpc) is 2.42. The number of rotatable bonds is 7. The minimum absolute atomic E-state index is 0.0317. The molecule has 0 aliphatic carbocycles. The first kappa shape index (κ1) is 18.5. The van der Waals surface area contributed by atoms with E-state index in [0.29, 0.717) is 19.1 Å². The summed E-state index contributed by atoms with van der Waals surface area (Å²) in [7, 11) is 0. The van der Waals surface area contributed by atoms with Gasteiger partial charge in [0.25, 0.3) is 0 Å². The maximum absolute atomic E-state index is 5.81. The van der Waals surface area contributed by atoms with Crippen LogP contribution in [0.5, 0.6) is 0 Å². The van der Waals surface area contributed by atoms with Crippen LogP contribution in [0.4, 0.5) is 0 Å². The van der Waals surface area contributed by atoms with Crippen LogP contribution in [-0.4, -0.2) is 41.9 Å². The van der Waals surface area contributed by atoms with E-state index in [4.69, 9.17) is 19.5 Å². The van der Waals surface area contributed by atoms with Crippen LogP contribution in [0.3, 0.4) is 0 Å². The number of unbranched alkanes of at least 4 members (excludes halogenated alkanes) is 1. The van der Waals surface area contributed by atoms with Crippen LogP contribution in [0, 0.1) is 5.92 Å². The molecule has 0 unspecified atom stereocenters. The van der Waals surface area contributed by atoms with Gasteiger partial charge in [-0.25, -0.2) is 9.98 Å². The minimum Gasteiger partial charge on any atom is -0.480 e. The van der Waals surface area contributed by atoms with Crippen molar-refractivity contribution >= 4 is 27.7 Å². The van der Waals surface area contributed by atoms with Gasteiger partial charge in [0.2, 0.25) is 11.8 Å². The van der Waals surface area contributed by atoms with Gasteiger partial charge < -0.3 is 9.47 Å². The average molecular weight is 361 g/mol. The van der Waals surface area contributed by atoms with Crippen molar-refractivity contribution in [1.29, 1.82) is 0 Å². The van der Waals surface area contributed by atoms with Gasteiger partial charge in [0.05, 0.1) is 13.2 Å². The van der Waals surface area contributed by atoms with Crippen LogP contribution in [-0.2, 0) is 9.47 Å². The van der Waals surface area contributed by atoms with Gasteiger partial charge in [0.1, 0.15) is 11.6 Å². The summed E-state index contributed by atoms with van der Waals surface area (Å²) >= 11 is 3.48. The fourth-order valence-corrected chi connectivity index (χ4v) is 2.83. The van der Waals surface area contributed by atoms with E-state index in [1.165, 1.54) is 0 Å². The number of halogens is 1. The molecule has 1 aliphatic heterocycles. The van der Waals surface area contributed by atoms with Crippen LogP contribution in [0.2, 0.25) is 0 Å². The summed E-state index contributed by atoms with van der Waals surface area (Å²) in [6, 6.07) is -0.0317. The molecule has 1 heterocycles. The predicted octanol–water partition coefficient (Wildman–Crippen LogP) is 4.22. The van der Waals surface area contributed by atoms with E-state index < -0.39 is 5.54 Å². The fraction of sp³-hybridized carbons (Fsp3) is 0.875. The van der Waals surface area contributed by atoms with Gasteiger partial charge in [-0.2, -0.15) is 0 Å². The zero-order valence-electron chi connectivity index (χ0n) is 14.0. The van der Waals surface area contributed by atoms with Crippen molar-refractivity contribution in [3.05, 3.63) is 0 Å². The molecule has 0 N–H and O–H groups in total. The molecule has 0 amide bonds. The Balaban J connectivity index is 3.03. The molecule has 0 spiro atoms. The van der Waals surface area contributed by atoms with Gasteiger partial charge in [-0.3, -0.25) is 0 Å². The third-order valence-electron chi connectivity index (χ3n) is 3.58. The standard InChI is InChI=1S/C16H29BrN2O2/c1-6-20-14-13(12(3)4)18-15(21-7-2)16(5,19-14)10-8-9-11-17/h12-13H,6-11H2,1-5H3/t13-,16+/m1/s1. The van der Waals surface area contributed by atoms with Crippen molar-refractivity contribution < 1.29 is 9.47 Å². The maximum Gasteiger partial charge on any atom is 0.212 e. The highest BCUT2D eigenvalue weighted by Gasteiger charge is 2.39. The maximum atomic E-state index is 5.81. The first-order valence-corrected chi connectivity index (χ1v) is 9.10. The van der Waals surface area contributed by atoms with Crippen molar-refractivity contribution in [1.82, 2.24) is 0 Å². The van der Waals surface area contributed by atoms with E-state index in [-0.39, 0.29) is 6.04 Å². The molecule has 0 aromatic rings. The zero-order valence-corrected chi connectivity index (χ0v) is 15.6. The van der Waals surface area contributed by atoms with Gasteiger partial charge in [0.15, 0.2) is 0 Å². The number of ether oxygens (including phenoxy) is 2. The lowest BCUT2D eigenvalue weighted by Crippen LogP contribution is -2.45. The van der Waals surface area contributed by atoms with Gasteiger partial charge in [0, 0.05) is 5.33 Å². The van der Waals surface area contributed by atoms with Crippen molar-refractivity contribution in [3.8, 4) is 0 Å². The first-order chi connectivity index (χ1) is 9.98. The fourth-order valence-electron chi connectivity index (χ4n) is 2.43. The monoisotopic (exact) mass is 360 g/mol. The Morgan fingerprint density at radius 3 is 2.38 bits per heavy atom.